The lowest BCUT2D eigenvalue weighted by Gasteiger charge is -2.14. The van der Waals surface area contributed by atoms with Crippen LogP contribution in [0.25, 0.3) is 0 Å². The summed E-state index contributed by atoms with van der Waals surface area (Å²) in [6, 6.07) is 0.711. The number of halogens is 1. The van der Waals surface area contributed by atoms with Crippen molar-refractivity contribution in [2.24, 2.45) is 5.84 Å². The quantitative estimate of drug-likeness (QED) is 0.475. The van der Waals surface area contributed by atoms with Gasteiger partial charge >= 0.3 is 0 Å². The summed E-state index contributed by atoms with van der Waals surface area (Å²) in [5, 5.41) is 0. The molecule has 1 saturated heterocycles. The Morgan fingerprint density at radius 1 is 1.45 bits per heavy atom. The van der Waals surface area contributed by atoms with Gasteiger partial charge in [-0.15, -0.1) is 0 Å². The summed E-state index contributed by atoms with van der Waals surface area (Å²) in [6.45, 7) is 0. The van der Waals surface area contributed by atoms with Gasteiger partial charge in [-0.1, -0.05) is 0 Å². The predicted octanol–water partition coefficient (Wildman–Crippen LogP) is -0.405. The van der Waals surface area contributed by atoms with Crippen LogP contribution in [0, 0.1) is 0 Å². The average Bonchev–Trinajstić information content (AvgIpc) is 2.68. The van der Waals surface area contributed by atoms with Crippen LogP contribution in [-0.2, 0) is 19.9 Å². The minimum atomic E-state index is -3.91. The molecule has 0 saturated carbocycles. The van der Waals surface area contributed by atoms with Crippen LogP contribution >= 0.6 is 15.9 Å². The molecule has 0 radical (unpaired) electrons. The van der Waals surface area contributed by atoms with Crippen molar-refractivity contribution in [2.45, 2.75) is 17.4 Å². The largest absolute Gasteiger partial charge is 0.307 e. The lowest BCUT2D eigenvalue weighted by Crippen LogP contribution is -2.36. The highest BCUT2D eigenvalue weighted by molar-refractivity contribution is 9.10. The lowest BCUT2D eigenvalue weighted by molar-refractivity contribution is 0.562. The molecule has 1 aliphatic heterocycles. The Hall–Kier alpha value is -0.750. The minimum Gasteiger partial charge on any atom is -0.307 e. The van der Waals surface area contributed by atoms with Gasteiger partial charge in [-0.25, -0.2) is 32.4 Å². The average molecular weight is 385 g/mol. The molecule has 1 aromatic rings. The number of anilines is 1. The van der Waals surface area contributed by atoms with Gasteiger partial charge in [0.2, 0.25) is 10.0 Å². The fraction of sp³-hybridized carbons (Fsp3) is 0.444. The van der Waals surface area contributed by atoms with Gasteiger partial charge in [-0.05, 0) is 28.4 Å². The molecule has 0 aromatic carbocycles. The Kier molecular flexibility index (Phi) is 4.35. The van der Waals surface area contributed by atoms with E-state index in [9.17, 15) is 16.8 Å². The maximum Gasteiger partial charge on any atom is 0.244 e. The first-order valence-electron chi connectivity index (χ1n) is 5.58. The number of pyridine rings is 1. The van der Waals surface area contributed by atoms with Crippen molar-refractivity contribution in [3.05, 3.63) is 16.7 Å². The number of aromatic nitrogens is 1. The first kappa shape index (κ1) is 15.6. The highest BCUT2D eigenvalue weighted by atomic mass is 79.9. The third-order valence-electron chi connectivity index (χ3n) is 2.80. The molecule has 0 bridgehead atoms. The van der Waals surface area contributed by atoms with Gasteiger partial charge in [0.1, 0.15) is 4.90 Å². The normalized spacial score (nSPS) is 21.8. The van der Waals surface area contributed by atoms with Crippen molar-refractivity contribution < 1.29 is 16.8 Å². The summed E-state index contributed by atoms with van der Waals surface area (Å²) in [5.41, 5.74) is 2.20. The van der Waals surface area contributed by atoms with Gasteiger partial charge in [0, 0.05) is 16.7 Å². The molecule has 1 unspecified atom stereocenters. The number of hydrogen-bond donors (Lipinski definition) is 3. The molecule has 1 fully saturated rings. The number of rotatable bonds is 4. The van der Waals surface area contributed by atoms with Gasteiger partial charge in [-0.2, -0.15) is 0 Å². The molecule has 2 heterocycles. The fourth-order valence-electron chi connectivity index (χ4n) is 1.90. The Bertz CT molecular complexity index is 719. The zero-order valence-electron chi connectivity index (χ0n) is 10.2. The van der Waals surface area contributed by atoms with Crippen molar-refractivity contribution in [1.82, 2.24) is 9.71 Å². The van der Waals surface area contributed by atoms with E-state index in [0.717, 1.165) is 0 Å². The fourth-order valence-corrected chi connectivity index (χ4v) is 5.58. The van der Waals surface area contributed by atoms with E-state index in [1.807, 2.05) is 0 Å². The van der Waals surface area contributed by atoms with E-state index in [1.54, 1.807) is 0 Å². The number of sulfone groups is 1. The Morgan fingerprint density at radius 2 is 2.15 bits per heavy atom. The number of hydrazine groups is 1. The summed E-state index contributed by atoms with van der Waals surface area (Å²) in [6.07, 6.45) is 1.66. The summed E-state index contributed by atoms with van der Waals surface area (Å²) in [4.78, 5) is 3.71. The molecule has 11 heteroatoms. The van der Waals surface area contributed by atoms with Gasteiger partial charge in [-0.3, -0.25) is 0 Å². The number of sulfonamides is 1. The molecule has 1 atom stereocenters. The Balaban J connectivity index is 2.29. The second-order valence-corrected chi connectivity index (χ2v) is 9.19. The minimum absolute atomic E-state index is 0.0124. The molecule has 20 heavy (non-hydrogen) atoms. The molecule has 0 aliphatic carbocycles. The maximum absolute atomic E-state index is 12.3. The van der Waals surface area contributed by atoms with Crippen molar-refractivity contribution in [1.29, 1.82) is 0 Å². The van der Waals surface area contributed by atoms with E-state index in [-0.39, 0.29) is 28.6 Å². The molecule has 112 valence electrons. The molecule has 1 aliphatic rings. The highest BCUT2D eigenvalue weighted by Gasteiger charge is 2.32. The second kappa shape index (κ2) is 5.56. The first-order chi connectivity index (χ1) is 9.23. The van der Waals surface area contributed by atoms with E-state index in [2.05, 4.69) is 31.1 Å². The second-order valence-electron chi connectivity index (χ2n) is 4.37. The molecule has 0 amide bonds. The van der Waals surface area contributed by atoms with Gasteiger partial charge in [0.25, 0.3) is 0 Å². The Morgan fingerprint density at radius 3 is 2.70 bits per heavy atom. The van der Waals surface area contributed by atoms with Crippen LogP contribution < -0.4 is 16.0 Å². The molecule has 0 spiro atoms. The summed E-state index contributed by atoms with van der Waals surface area (Å²) in [7, 11) is -7.07. The molecule has 1 aromatic heterocycles. The van der Waals surface area contributed by atoms with Crippen LogP contribution in [0.4, 0.5) is 5.82 Å². The zero-order chi connectivity index (χ0) is 15.0. The predicted molar refractivity (Wildman–Crippen MR) is 77.1 cm³/mol. The number of nitrogens with two attached hydrogens (primary N) is 1. The molecule has 8 nitrogen and oxygen atoms in total. The third-order valence-corrected chi connectivity index (χ3v) is 6.54. The van der Waals surface area contributed by atoms with E-state index < -0.39 is 25.9 Å². The van der Waals surface area contributed by atoms with Crippen LogP contribution in [0.1, 0.15) is 6.42 Å². The van der Waals surface area contributed by atoms with E-state index in [4.69, 9.17) is 5.84 Å². The number of nitrogen functional groups attached to an aromatic ring is 1. The van der Waals surface area contributed by atoms with Crippen LogP contribution in [-0.4, -0.2) is 39.4 Å². The summed E-state index contributed by atoms with van der Waals surface area (Å²) >= 11 is 3.13. The van der Waals surface area contributed by atoms with E-state index in [0.29, 0.717) is 4.47 Å². The molecule has 4 N–H and O–H groups in total. The van der Waals surface area contributed by atoms with Gasteiger partial charge < -0.3 is 5.43 Å². The summed E-state index contributed by atoms with van der Waals surface area (Å²) in [5.74, 6) is 5.01. The van der Waals surface area contributed by atoms with E-state index in [1.165, 1.54) is 12.3 Å². The van der Waals surface area contributed by atoms with Crippen LogP contribution in [0.3, 0.4) is 0 Å². The summed E-state index contributed by atoms with van der Waals surface area (Å²) < 4.78 is 50.1. The monoisotopic (exact) mass is 384 g/mol. The van der Waals surface area contributed by atoms with Crippen molar-refractivity contribution in [3.63, 3.8) is 0 Å². The van der Waals surface area contributed by atoms with Gasteiger partial charge in [0.05, 0.1) is 11.5 Å². The van der Waals surface area contributed by atoms with E-state index >= 15 is 0 Å². The molecular formula is C9H13BrN4O4S2. The maximum atomic E-state index is 12.3. The van der Waals surface area contributed by atoms with Crippen LogP contribution in [0.5, 0.6) is 0 Å². The van der Waals surface area contributed by atoms with Crippen molar-refractivity contribution in [3.8, 4) is 0 Å². The van der Waals surface area contributed by atoms with Gasteiger partial charge in [0.15, 0.2) is 15.7 Å². The standard InChI is InChI=1S/C9H13BrN4O4S2/c10-6-3-8(9(13-11)12-4-6)20(17,18)14-7-1-2-19(15,16)5-7/h3-4,7,14H,1-2,5,11H2,(H,12,13). The lowest BCUT2D eigenvalue weighted by atomic mass is 10.3. The first-order valence-corrected chi connectivity index (χ1v) is 9.68. The smallest absolute Gasteiger partial charge is 0.244 e. The zero-order valence-corrected chi connectivity index (χ0v) is 13.4. The molecular weight excluding hydrogens is 372 g/mol. The van der Waals surface area contributed by atoms with Crippen molar-refractivity contribution >= 4 is 41.6 Å². The molecule has 2 rings (SSSR count). The SMILES string of the molecule is NNc1ncc(Br)cc1S(=O)(=O)NC1CCS(=O)(=O)C1. The van der Waals surface area contributed by atoms with Crippen LogP contribution in [0.2, 0.25) is 0 Å². The topological polar surface area (TPSA) is 131 Å². The number of nitrogens with zero attached hydrogens (tertiary/aromatic N) is 1. The number of nitrogens with one attached hydrogen (secondary N) is 2. The Labute approximate surface area is 125 Å². The number of hydrogen-bond acceptors (Lipinski definition) is 7. The third kappa shape index (κ3) is 3.47. The van der Waals surface area contributed by atoms with Crippen molar-refractivity contribution in [2.75, 3.05) is 16.9 Å². The van der Waals surface area contributed by atoms with Crippen LogP contribution in [0.15, 0.2) is 21.6 Å². The highest BCUT2D eigenvalue weighted by Crippen LogP contribution is 2.23.